The van der Waals surface area contributed by atoms with Crippen LogP contribution in [0.15, 0.2) is 71.6 Å². The van der Waals surface area contributed by atoms with Crippen molar-refractivity contribution in [3.05, 3.63) is 99.8 Å². The molecule has 5 rings (SSSR count). The lowest BCUT2D eigenvalue weighted by atomic mass is 9.97. The van der Waals surface area contributed by atoms with Gasteiger partial charge >= 0.3 is 0 Å². The second kappa shape index (κ2) is 14.8. The molecule has 0 atom stereocenters. The number of amidine groups is 1. The summed E-state index contributed by atoms with van der Waals surface area (Å²) in [4.78, 5) is 5.18. The van der Waals surface area contributed by atoms with Crippen molar-refractivity contribution in [1.82, 2.24) is 9.55 Å². The first-order chi connectivity index (χ1) is 20.6. The van der Waals surface area contributed by atoms with Crippen molar-refractivity contribution in [3.63, 3.8) is 0 Å². The van der Waals surface area contributed by atoms with Crippen molar-refractivity contribution >= 4 is 79.8 Å². The second-order valence-corrected chi connectivity index (χ2v) is 12.8. The van der Waals surface area contributed by atoms with Crippen molar-refractivity contribution in [3.8, 4) is 0 Å². The van der Waals surface area contributed by atoms with E-state index in [2.05, 4.69) is 4.57 Å². The number of aromatic nitrogens is 2. The van der Waals surface area contributed by atoms with E-state index in [-0.39, 0.29) is 42.1 Å². The molecule has 1 heterocycles. The molecule has 12 heteroatoms. The standard InChI is InChI=1S/C33H37ClN6O2S.2ClH/c1-4-25-23(17-18-35)19-27-26(7-6-8-28(27)34)32(25)43(41,42)40(5-2)24-14-15-30-29(20-24)38-31(39(30)3)16-11-21-9-12-22(13-10-21)33(36)37;;/h6-10,12-15,19-20H,4-5,11,16-18,35H2,1-3H3,(H3,36,37);2*1H. The molecule has 0 bridgehead atoms. The average Bonchev–Trinajstić information content (AvgIpc) is 3.30. The Morgan fingerprint density at radius 3 is 2.31 bits per heavy atom. The highest BCUT2D eigenvalue weighted by Crippen LogP contribution is 2.37. The summed E-state index contributed by atoms with van der Waals surface area (Å²) in [6.07, 6.45) is 2.58. The van der Waals surface area contributed by atoms with Gasteiger partial charge in [0.15, 0.2) is 0 Å². The van der Waals surface area contributed by atoms with Crippen LogP contribution in [0.3, 0.4) is 0 Å². The summed E-state index contributed by atoms with van der Waals surface area (Å²) >= 11 is 6.58. The van der Waals surface area contributed by atoms with E-state index in [0.717, 1.165) is 40.0 Å². The quantitative estimate of drug-likeness (QED) is 0.107. The van der Waals surface area contributed by atoms with Gasteiger partial charge in [-0.25, -0.2) is 13.4 Å². The number of nitrogens with one attached hydrogen (secondary N) is 1. The van der Waals surface area contributed by atoms with Gasteiger partial charge in [-0.15, -0.1) is 24.8 Å². The molecule has 240 valence electrons. The largest absolute Gasteiger partial charge is 0.384 e. The third kappa shape index (κ3) is 6.93. The van der Waals surface area contributed by atoms with Crippen LogP contribution < -0.4 is 15.8 Å². The monoisotopic (exact) mass is 688 g/mol. The Labute approximate surface area is 282 Å². The number of halogens is 3. The smallest absolute Gasteiger partial charge is 0.265 e. The molecular formula is C33H39Cl3N6O2S. The molecule has 5 aromatic rings. The molecule has 0 spiro atoms. The third-order valence-corrected chi connectivity index (χ3v) is 10.4. The number of nitrogens with two attached hydrogens (primary N) is 2. The maximum Gasteiger partial charge on any atom is 0.265 e. The van der Waals surface area contributed by atoms with Gasteiger partial charge < -0.3 is 16.0 Å². The molecule has 1 aromatic heterocycles. The van der Waals surface area contributed by atoms with E-state index in [4.69, 9.17) is 33.5 Å². The van der Waals surface area contributed by atoms with Gasteiger partial charge in [-0.2, -0.15) is 0 Å². The van der Waals surface area contributed by atoms with E-state index in [1.165, 1.54) is 4.31 Å². The highest BCUT2D eigenvalue weighted by atomic mass is 35.5. The van der Waals surface area contributed by atoms with Crippen LogP contribution in [-0.2, 0) is 42.8 Å². The van der Waals surface area contributed by atoms with Crippen LogP contribution in [0.1, 0.15) is 41.9 Å². The normalized spacial score (nSPS) is 11.3. The number of fused-ring (bicyclic) bond motifs is 2. The van der Waals surface area contributed by atoms with E-state index in [1.807, 2.05) is 75.5 Å². The van der Waals surface area contributed by atoms with Crippen molar-refractivity contribution < 1.29 is 8.42 Å². The van der Waals surface area contributed by atoms with Gasteiger partial charge in [-0.05, 0) is 79.8 Å². The number of sulfonamides is 1. The summed E-state index contributed by atoms with van der Waals surface area (Å²) < 4.78 is 32.6. The number of rotatable bonds is 11. The summed E-state index contributed by atoms with van der Waals surface area (Å²) in [5.41, 5.74) is 17.2. The zero-order chi connectivity index (χ0) is 30.9. The molecule has 45 heavy (non-hydrogen) atoms. The molecular weight excluding hydrogens is 651 g/mol. The molecule has 5 N–H and O–H groups in total. The minimum absolute atomic E-state index is 0. The Kier molecular flexibility index (Phi) is 11.9. The summed E-state index contributed by atoms with van der Waals surface area (Å²) in [6, 6.07) is 20.7. The first-order valence-electron chi connectivity index (χ1n) is 14.4. The number of hydrogen-bond donors (Lipinski definition) is 3. The van der Waals surface area contributed by atoms with Crippen LogP contribution in [0.5, 0.6) is 0 Å². The van der Waals surface area contributed by atoms with Crippen LogP contribution in [0.25, 0.3) is 21.8 Å². The Bertz CT molecular complexity index is 1940. The van der Waals surface area contributed by atoms with Crippen molar-refractivity contribution in [2.24, 2.45) is 18.5 Å². The molecule has 4 aromatic carbocycles. The molecule has 0 aliphatic rings. The van der Waals surface area contributed by atoms with Gasteiger partial charge in [0, 0.05) is 41.4 Å². The highest BCUT2D eigenvalue weighted by Gasteiger charge is 2.30. The second-order valence-electron chi connectivity index (χ2n) is 10.6. The summed E-state index contributed by atoms with van der Waals surface area (Å²) in [5.74, 6) is 0.948. The minimum atomic E-state index is -3.98. The van der Waals surface area contributed by atoms with Gasteiger partial charge in [-0.1, -0.05) is 54.9 Å². The average molecular weight is 690 g/mol. The number of anilines is 1. The molecule has 0 radical (unpaired) electrons. The fourth-order valence-electron chi connectivity index (χ4n) is 5.84. The molecule has 0 fully saturated rings. The first kappa shape index (κ1) is 36.1. The first-order valence-corrected chi connectivity index (χ1v) is 16.3. The number of nitrogens with zero attached hydrogens (tertiary/aromatic N) is 3. The third-order valence-electron chi connectivity index (χ3n) is 8.03. The predicted octanol–water partition coefficient (Wildman–Crippen LogP) is 6.57. The van der Waals surface area contributed by atoms with E-state index in [1.54, 1.807) is 12.1 Å². The van der Waals surface area contributed by atoms with Crippen molar-refractivity contribution in [1.29, 1.82) is 5.41 Å². The highest BCUT2D eigenvalue weighted by molar-refractivity contribution is 7.93. The maximum absolute atomic E-state index is 14.6. The van der Waals surface area contributed by atoms with Gasteiger partial charge in [-0.3, -0.25) is 9.71 Å². The summed E-state index contributed by atoms with van der Waals surface area (Å²) in [6.45, 7) is 4.46. The van der Waals surface area contributed by atoms with E-state index < -0.39 is 10.0 Å². The van der Waals surface area contributed by atoms with Crippen LogP contribution >= 0.6 is 36.4 Å². The Morgan fingerprint density at radius 1 is 0.978 bits per heavy atom. The molecule has 8 nitrogen and oxygen atoms in total. The van der Waals surface area contributed by atoms with Crippen LogP contribution in [0.4, 0.5) is 5.69 Å². The van der Waals surface area contributed by atoms with Gasteiger partial charge in [0.1, 0.15) is 11.7 Å². The number of hydrogen-bond acceptors (Lipinski definition) is 5. The molecule has 0 unspecified atom stereocenters. The summed E-state index contributed by atoms with van der Waals surface area (Å²) in [5, 5.41) is 9.42. The fraction of sp³-hybridized carbons (Fsp3) is 0.273. The molecule has 0 aliphatic carbocycles. The Morgan fingerprint density at radius 2 is 1.69 bits per heavy atom. The SMILES string of the molecule is CCc1c(CCN)cc2c(Cl)cccc2c1S(=O)(=O)N(CC)c1ccc2c(c1)nc(CCc1ccc(C(=N)N)cc1)n2C.Cl.Cl. The van der Waals surface area contributed by atoms with Crippen molar-refractivity contribution in [2.45, 2.75) is 44.4 Å². The molecule has 0 aliphatic heterocycles. The van der Waals surface area contributed by atoms with Gasteiger partial charge in [0.2, 0.25) is 0 Å². The van der Waals surface area contributed by atoms with Gasteiger partial charge in [0.25, 0.3) is 10.0 Å². The minimum Gasteiger partial charge on any atom is -0.384 e. The fourth-order valence-corrected chi connectivity index (χ4v) is 8.06. The molecule has 0 saturated heterocycles. The zero-order valence-electron chi connectivity index (χ0n) is 25.5. The molecule has 0 saturated carbocycles. The number of nitrogen functional groups attached to an aromatic ring is 1. The Balaban J connectivity index is 0.00000276. The number of imidazole rings is 1. The number of aryl methyl sites for hydroxylation is 3. The lowest BCUT2D eigenvalue weighted by Gasteiger charge is -2.26. The number of benzene rings is 4. The predicted molar refractivity (Wildman–Crippen MR) is 191 cm³/mol. The van der Waals surface area contributed by atoms with Gasteiger partial charge in [0.05, 0.1) is 21.6 Å². The van der Waals surface area contributed by atoms with Crippen LogP contribution in [-0.4, -0.2) is 36.9 Å². The van der Waals surface area contributed by atoms with Crippen LogP contribution in [0, 0.1) is 5.41 Å². The Hall–Kier alpha value is -3.34. The van der Waals surface area contributed by atoms with E-state index in [9.17, 15) is 8.42 Å². The van der Waals surface area contributed by atoms with Crippen molar-refractivity contribution in [2.75, 3.05) is 17.4 Å². The lowest BCUT2D eigenvalue weighted by Crippen LogP contribution is -2.32. The van der Waals surface area contributed by atoms with E-state index >= 15 is 0 Å². The summed E-state index contributed by atoms with van der Waals surface area (Å²) in [7, 11) is -2.01. The zero-order valence-corrected chi connectivity index (χ0v) is 28.7. The maximum atomic E-state index is 14.6. The van der Waals surface area contributed by atoms with Crippen LogP contribution in [0.2, 0.25) is 5.02 Å². The van der Waals surface area contributed by atoms with E-state index in [0.29, 0.717) is 52.9 Å². The topological polar surface area (TPSA) is 131 Å². The molecule has 0 amide bonds. The lowest BCUT2D eigenvalue weighted by molar-refractivity contribution is 0.591.